The third kappa shape index (κ3) is 3.96. The lowest BCUT2D eigenvalue weighted by atomic mass is 10.0. The third-order valence-electron chi connectivity index (χ3n) is 5.49. The Morgan fingerprint density at radius 3 is 2.75 bits per heavy atom. The van der Waals surface area contributed by atoms with Crippen molar-refractivity contribution in [3.8, 4) is 22.7 Å². The number of hydrogen-bond donors (Lipinski definition) is 1. The number of benzene rings is 2. The standard InChI is InChI=1S/C23H27N3O2/c1-28-22-12-7-8-18(14-22)23-19(15-25-13-6-5-11-21(25)17-27)16-26(24-23)20-9-3-2-4-10-20/h2-4,7-10,12,14,16,21,27H,5-6,11,13,15,17H2,1H3/t21-/m1/s1. The zero-order valence-electron chi connectivity index (χ0n) is 16.3. The van der Waals surface area contributed by atoms with Crippen molar-refractivity contribution in [1.82, 2.24) is 14.7 Å². The van der Waals surface area contributed by atoms with Crippen LogP contribution >= 0.6 is 0 Å². The zero-order chi connectivity index (χ0) is 19.3. The molecule has 146 valence electrons. The summed E-state index contributed by atoms with van der Waals surface area (Å²) in [4.78, 5) is 2.39. The van der Waals surface area contributed by atoms with Gasteiger partial charge in [0.25, 0.3) is 0 Å². The maximum atomic E-state index is 9.80. The largest absolute Gasteiger partial charge is 0.497 e. The summed E-state index contributed by atoms with van der Waals surface area (Å²) in [6.45, 7) is 2.01. The van der Waals surface area contributed by atoms with Gasteiger partial charge in [-0.3, -0.25) is 4.90 Å². The summed E-state index contributed by atoms with van der Waals surface area (Å²) in [5.41, 5.74) is 4.21. The molecule has 1 N–H and O–H groups in total. The highest BCUT2D eigenvalue weighted by Gasteiger charge is 2.24. The van der Waals surface area contributed by atoms with E-state index < -0.39 is 0 Å². The minimum Gasteiger partial charge on any atom is -0.497 e. The first-order chi connectivity index (χ1) is 13.8. The molecule has 0 bridgehead atoms. The van der Waals surface area contributed by atoms with Crippen LogP contribution in [0.3, 0.4) is 0 Å². The van der Waals surface area contributed by atoms with Gasteiger partial charge in [0.2, 0.25) is 0 Å². The van der Waals surface area contributed by atoms with Crippen LogP contribution < -0.4 is 4.74 Å². The molecule has 28 heavy (non-hydrogen) atoms. The summed E-state index contributed by atoms with van der Waals surface area (Å²) in [5.74, 6) is 0.823. The smallest absolute Gasteiger partial charge is 0.119 e. The molecule has 1 aliphatic heterocycles. The van der Waals surface area contributed by atoms with Crippen molar-refractivity contribution in [3.05, 3.63) is 66.4 Å². The second-order valence-electron chi connectivity index (χ2n) is 7.32. The Labute approximate surface area is 166 Å². The van der Waals surface area contributed by atoms with Gasteiger partial charge in [0.1, 0.15) is 5.75 Å². The average molecular weight is 377 g/mol. The van der Waals surface area contributed by atoms with Crippen LogP contribution in [0.15, 0.2) is 60.8 Å². The van der Waals surface area contributed by atoms with Crippen LogP contribution in [0, 0.1) is 0 Å². The normalized spacial score (nSPS) is 17.6. The van der Waals surface area contributed by atoms with Crippen LogP contribution in [0.5, 0.6) is 5.75 Å². The summed E-state index contributed by atoms with van der Waals surface area (Å²) in [6.07, 6.45) is 5.54. The second-order valence-corrected chi connectivity index (χ2v) is 7.32. The number of nitrogens with zero attached hydrogens (tertiary/aromatic N) is 3. The van der Waals surface area contributed by atoms with Gasteiger partial charge in [0.15, 0.2) is 0 Å². The van der Waals surface area contributed by atoms with E-state index >= 15 is 0 Å². The topological polar surface area (TPSA) is 50.5 Å². The molecule has 5 heteroatoms. The van der Waals surface area contributed by atoms with Crippen molar-refractivity contribution >= 4 is 0 Å². The van der Waals surface area contributed by atoms with E-state index in [-0.39, 0.29) is 12.6 Å². The first-order valence-corrected chi connectivity index (χ1v) is 9.92. The van der Waals surface area contributed by atoms with Crippen LogP contribution in [0.4, 0.5) is 0 Å². The molecule has 1 atom stereocenters. The van der Waals surface area contributed by atoms with E-state index in [1.807, 2.05) is 41.1 Å². The lowest BCUT2D eigenvalue weighted by Gasteiger charge is -2.34. The maximum absolute atomic E-state index is 9.80. The van der Waals surface area contributed by atoms with Crippen LogP contribution in [0.1, 0.15) is 24.8 Å². The molecule has 3 aromatic rings. The molecule has 0 radical (unpaired) electrons. The van der Waals surface area contributed by atoms with Crippen LogP contribution in [-0.4, -0.2) is 46.1 Å². The number of hydrogen-bond acceptors (Lipinski definition) is 4. The monoisotopic (exact) mass is 377 g/mol. The number of rotatable bonds is 6. The highest BCUT2D eigenvalue weighted by atomic mass is 16.5. The van der Waals surface area contributed by atoms with Crippen LogP contribution in [-0.2, 0) is 6.54 Å². The van der Waals surface area contributed by atoms with E-state index in [4.69, 9.17) is 9.84 Å². The van der Waals surface area contributed by atoms with Crippen molar-refractivity contribution < 1.29 is 9.84 Å². The zero-order valence-corrected chi connectivity index (χ0v) is 16.3. The molecule has 1 fully saturated rings. The number of likely N-dealkylation sites (tertiary alicyclic amines) is 1. The molecule has 2 aromatic carbocycles. The number of methoxy groups -OCH3 is 1. The summed E-state index contributed by atoms with van der Waals surface area (Å²) in [7, 11) is 1.68. The molecule has 1 aromatic heterocycles. The highest BCUT2D eigenvalue weighted by Crippen LogP contribution is 2.29. The van der Waals surface area contributed by atoms with Gasteiger partial charge in [-0.1, -0.05) is 36.8 Å². The van der Waals surface area contributed by atoms with Gasteiger partial charge in [0.05, 0.1) is 25.1 Å². The van der Waals surface area contributed by atoms with E-state index in [0.717, 1.165) is 47.8 Å². The SMILES string of the molecule is COc1cccc(-c2nn(-c3ccccc3)cc2CN2CCCC[C@@H]2CO)c1. The summed E-state index contributed by atoms with van der Waals surface area (Å²) in [6, 6.07) is 18.4. The van der Waals surface area contributed by atoms with Crippen molar-refractivity contribution in [2.45, 2.75) is 31.8 Å². The van der Waals surface area contributed by atoms with E-state index in [1.165, 1.54) is 12.8 Å². The van der Waals surface area contributed by atoms with E-state index in [0.29, 0.717) is 0 Å². The Kier molecular flexibility index (Phi) is 5.74. The van der Waals surface area contributed by atoms with Crippen LogP contribution in [0.25, 0.3) is 16.9 Å². The van der Waals surface area contributed by atoms with Gasteiger partial charge in [-0.2, -0.15) is 5.10 Å². The number of aliphatic hydroxyl groups excluding tert-OH is 1. The summed E-state index contributed by atoms with van der Waals surface area (Å²) >= 11 is 0. The Morgan fingerprint density at radius 2 is 1.96 bits per heavy atom. The Balaban J connectivity index is 1.73. The molecule has 0 unspecified atom stereocenters. The number of piperidine rings is 1. The van der Waals surface area contributed by atoms with Gasteiger partial charge >= 0.3 is 0 Å². The number of aliphatic hydroxyl groups is 1. The minimum absolute atomic E-state index is 0.210. The maximum Gasteiger partial charge on any atom is 0.119 e. The molecule has 0 saturated carbocycles. The quantitative estimate of drug-likeness (QED) is 0.708. The number of aromatic nitrogens is 2. The van der Waals surface area contributed by atoms with Crippen molar-refractivity contribution in [2.75, 3.05) is 20.3 Å². The van der Waals surface area contributed by atoms with E-state index in [9.17, 15) is 5.11 Å². The predicted molar refractivity (Wildman–Crippen MR) is 111 cm³/mol. The fourth-order valence-corrected chi connectivity index (χ4v) is 3.95. The van der Waals surface area contributed by atoms with E-state index in [2.05, 4.69) is 29.3 Å². The van der Waals surface area contributed by atoms with Crippen molar-refractivity contribution in [3.63, 3.8) is 0 Å². The summed E-state index contributed by atoms with van der Waals surface area (Å²) in [5, 5.41) is 14.7. The van der Waals surface area contributed by atoms with Gasteiger partial charge in [-0.25, -0.2) is 4.68 Å². The number of para-hydroxylation sites is 1. The van der Waals surface area contributed by atoms with Gasteiger partial charge in [0, 0.05) is 29.9 Å². The average Bonchev–Trinajstić information content (AvgIpc) is 3.18. The molecule has 1 saturated heterocycles. The minimum atomic E-state index is 0.210. The van der Waals surface area contributed by atoms with E-state index in [1.54, 1.807) is 7.11 Å². The molecule has 0 aliphatic carbocycles. The molecule has 1 aliphatic rings. The number of ether oxygens (including phenoxy) is 1. The highest BCUT2D eigenvalue weighted by molar-refractivity contribution is 5.65. The van der Waals surface area contributed by atoms with Gasteiger partial charge in [-0.05, 0) is 43.7 Å². The summed E-state index contributed by atoms with van der Waals surface area (Å²) < 4.78 is 7.36. The Hall–Kier alpha value is -2.63. The fourth-order valence-electron chi connectivity index (χ4n) is 3.95. The molecule has 5 nitrogen and oxygen atoms in total. The van der Waals surface area contributed by atoms with Crippen molar-refractivity contribution in [1.29, 1.82) is 0 Å². The Bertz CT molecular complexity index is 907. The first-order valence-electron chi connectivity index (χ1n) is 9.92. The first kappa shape index (κ1) is 18.7. The second kappa shape index (κ2) is 8.59. The lowest BCUT2D eigenvalue weighted by Crippen LogP contribution is -2.41. The Morgan fingerprint density at radius 1 is 1.11 bits per heavy atom. The molecule has 4 rings (SSSR count). The lowest BCUT2D eigenvalue weighted by molar-refractivity contribution is 0.0842. The molecule has 0 spiro atoms. The molecular formula is C23H27N3O2. The van der Waals surface area contributed by atoms with Crippen LogP contribution in [0.2, 0.25) is 0 Å². The predicted octanol–water partition coefficient (Wildman–Crippen LogP) is 3.89. The molecular weight excluding hydrogens is 350 g/mol. The van der Waals surface area contributed by atoms with Gasteiger partial charge < -0.3 is 9.84 Å². The van der Waals surface area contributed by atoms with Crippen molar-refractivity contribution in [2.24, 2.45) is 0 Å². The molecule has 2 heterocycles. The van der Waals surface area contributed by atoms with Gasteiger partial charge in [-0.15, -0.1) is 0 Å². The third-order valence-corrected chi connectivity index (χ3v) is 5.49. The molecule has 0 amide bonds. The fraction of sp³-hybridized carbons (Fsp3) is 0.348.